The van der Waals surface area contributed by atoms with Gasteiger partial charge in [-0.2, -0.15) is 0 Å². The fraction of sp³-hybridized carbons (Fsp3) is 0.409. The second-order valence-electron chi connectivity index (χ2n) is 7.27. The highest BCUT2D eigenvalue weighted by atomic mass is 16.5. The number of hydrogen-bond donors (Lipinski definition) is 4. The van der Waals surface area contributed by atoms with Crippen LogP contribution in [0.1, 0.15) is 25.3 Å². The summed E-state index contributed by atoms with van der Waals surface area (Å²) in [5.74, 6) is 3.05. The van der Waals surface area contributed by atoms with Gasteiger partial charge in [-0.05, 0) is 25.2 Å². The van der Waals surface area contributed by atoms with Crippen LogP contribution in [0.5, 0.6) is 5.75 Å². The third-order valence-electron chi connectivity index (χ3n) is 4.76. The normalized spacial score (nSPS) is 14.1. The molecule has 5 amide bonds. The summed E-state index contributed by atoms with van der Waals surface area (Å²) in [7, 11) is 3.22. The van der Waals surface area contributed by atoms with E-state index in [2.05, 4.69) is 27.8 Å². The molecule has 4 N–H and O–H groups in total. The molecule has 12 nitrogen and oxygen atoms in total. The van der Waals surface area contributed by atoms with E-state index in [1.165, 1.54) is 12.0 Å². The number of benzene rings is 1. The summed E-state index contributed by atoms with van der Waals surface area (Å²) >= 11 is 0. The van der Waals surface area contributed by atoms with E-state index in [4.69, 9.17) is 9.84 Å². The van der Waals surface area contributed by atoms with Crippen LogP contribution in [-0.4, -0.2) is 79.7 Å². The summed E-state index contributed by atoms with van der Waals surface area (Å²) in [4.78, 5) is 62.4. The molecule has 34 heavy (non-hydrogen) atoms. The van der Waals surface area contributed by atoms with E-state index in [-0.39, 0.29) is 13.0 Å². The van der Waals surface area contributed by atoms with E-state index in [9.17, 15) is 24.0 Å². The summed E-state index contributed by atoms with van der Waals surface area (Å²) in [6.07, 6.45) is -0.664. The number of hydrogen-bond acceptors (Lipinski definition) is 7. The largest absolute Gasteiger partial charge is 0.495 e. The summed E-state index contributed by atoms with van der Waals surface area (Å²) in [5, 5.41) is 16.5. The highest BCUT2D eigenvalue weighted by Crippen LogP contribution is 2.31. The molecular formula is C22H27N5O7. The Hall–Kier alpha value is -4.11. The van der Waals surface area contributed by atoms with E-state index in [0.717, 1.165) is 11.8 Å². The van der Waals surface area contributed by atoms with Gasteiger partial charge < -0.3 is 25.8 Å². The quantitative estimate of drug-likeness (QED) is 0.349. The number of nitrogens with zero attached hydrogens (tertiary/aromatic N) is 2. The number of imide groups is 1. The van der Waals surface area contributed by atoms with Crippen LogP contribution in [0.15, 0.2) is 18.2 Å². The van der Waals surface area contributed by atoms with Gasteiger partial charge in [-0.15, -0.1) is 0 Å². The number of aliphatic carboxylic acids is 1. The molecule has 0 aliphatic carbocycles. The van der Waals surface area contributed by atoms with Crippen LogP contribution in [0.3, 0.4) is 0 Å². The zero-order chi connectivity index (χ0) is 25.3. The van der Waals surface area contributed by atoms with Crippen LogP contribution in [-0.2, 0) is 19.2 Å². The van der Waals surface area contributed by atoms with Gasteiger partial charge in [0, 0.05) is 25.5 Å². The van der Waals surface area contributed by atoms with Crippen molar-refractivity contribution in [2.24, 2.45) is 0 Å². The first-order chi connectivity index (χ1) is 16.2. The number of amides is 5. The minimum Gasteiger partial charge on any atom is -0.495 e. The first-order valence-corrected chi connectivity index (χ1v) is 10.4. The molecule has 0 spiro atoms. The van der Waals surface area contributed by atoms with Crippen LogP contribution in [0.25, 0.3) is 0 Å². The van der Waals surface area contributed by atoms with Gasteiger partial charge in [0.15, 0.2) is 0 Å². The number of anilines is 1. The Morgan fingerprint density at radius 2 is 2.00 bits per heavy atom. The van der Waals surface area contributed by atoms with E-state index in [0.29, 0.717) is 23.5 Å². The van der Waals surface area contributed by atoms with Crippen LogP contribution in [0.4, 0.5) is 10.5 Å². The molecule has 0 aromatic heterocycles. The number of urea groups is 1. The Bertz CT molecular complexity index is 1010. The Morgan fingerprint density at radius 3 is 2.62 bits per heavy atom. The molecular weight excluding hydrogens is 446 g/mol. The number of carboxylic acids is 1. The number of nitrogens with one attached hydrogen (secondary N) is 3. The summed E-state index contributed by atoms with van der Waals surface area (Å²) in [6, 6.07) is 3.04. The second kappa shape index (κ2) is 12.2. The molecule has 1 atom stereocenters. The number of carboxylic acid groups (broad SMARTS) is 1. The maximum Gasteiger partial charge on any atom is 0.332 e. The highest BCUT2D eigenvalue weighted by molar-refractivity contribution is 6.06. The van der Waals surface area contributed by atoms with E-state index in [1.807, 2.05) is 0 Å². The minimum absolute atomic E-state index is 0.00925. The number of rotatable bonds is 9. The predicted octanol–water partition coefficient (Wildman–Crippen LogP) is -0.522. The lowest BCUT2D eigenvalue weighted by atomic mass is 10.1. The van der Waals surface area contributed by atoms with Crippen molar-refractivity contribution >= 4 is 35.4 Å². The van der Waals surface area contributed by atoms with Crippen molar-refractivity contribution in [2.75, 3.05) is 38.8 Å². The van der Waals surface area contributed by atoms with E-state index >= 15 is 0 Å². The zero-order valence-electron chi connectivity index (χ0n) is 19.1. The van der Waals surface area contributed by atoms with Crippen molar-refractivity contribution in [1.29, 1.82) is 0 Å². The Labute approximate surface area is 196 Å². The van der Waals surface area contributed by atoms with Gasteiger partial charge in [-0.3, -0.25) is 24.1 Å². The van der Waals surface area contributed by atoms with Gasteiger partial charge in [-0.1, -0.05) is 11.8 Å². The van der Waals surface area contributed by atoms with Gasteiger partial charge >= 0.3 is 12.0 Å². The number of ether oxygens (including phenoxy) is 1. The van der Waals surface area contributed by atoms with E-state index in [1.54, 1.807) is 25.2 Å². The molecule has 12 heteroatoms. The number of carbonyl (C=O) groups is 5. The maximum absolute atomic E-state index is 13.1. The summed E-state index contributed by atoms with van der Waals surface area (Å²) in [6.45, 7) is 1.22. The van der Waals surface area contributed by atoms with Crippen LogP contribution < -0.4 is 25.6 Å². The number of carbonyl (C=O) groups excluding carboxylic acids is 4. The first kappa shape index (κ1) is 26.1. The lowest BCUT2D eigenvalue weighted by molar-refractivity contribution is -0.141. The molecule has 1 aromatic rings. The lowest BCUT2D eigenvalue weighted by Gasteiger charge is -2.35. The number of methoxy groups -OCH3 is 1. The van der Waals surface area contributed by atoms with Gasteiger partial charge in [0.05, 0.1) is 25.8 Å². The molecule has 1 aliphatic heterocycles. The highest BCUT2D eigenvalue weighted by Gasteiger charge is 2.35. The van der Waals surface area contributed by atoms with Crippen LogP contribution in [0.2, 0.25) is 0 Å². The molecule has 1 heterocycles. The van der Waals surface area contributed by atoms with Crippen molar-refractivity contribution in [2.45, 2.75) is 25.8 Å². The molecule has 1 saturated heterocycles. The predicted molar refractivity (Wildman–Crippen MR) is 121 cm³/mol. The monoisotopic (exact) mass is 473 g/mol. The molecule has 182 valence electrons. The lowest BCUT2D eigenvalue weighted by Crippen LogP contribution is -2.57. The van der Waals surface area contributed by atoms with E-state index < -0.39 is 48.9 Å². The average molecular weight is 473 g/mol. The standard InChI is InChI=1S/C22H27N5O7/c1-14(28)25-16(12-20(30)31)21(32)24-13-27-19(29)8-10-26(22(27)33)17-11-15(5-4-9-23-2)6-7-18(17)34-3/h6-7,11,16,23H,8-10,12-13H2,1-3H3,(H,24,32)(H,25,28)(H,30,31)/t16-/m0/s1. The smallest absolute Gasteiger partial charge is 0.332 e. The fourth-order valence-electron chi connectivity index (χ4n) is 3.19. The first-order valence-electron chi connectivity index (χ1n) is 10.4. The van der Waals surface area contributed by atoms with Crippen molar-refractivity contribution in [3.05, 3.63) is 23.8 Å². The maximum atomic E-state index is 13.1. The van der Waals surface area contributed by atoms with Crippen LogP contribution >= 0.6 is 0 Å². The van der Waals surface area contributed by atoms with Gasteiger partial charge in [0.2, 0.25) is 17.7 Å². The molecule has 0 radical (unpaired) electrons. The Balaban J connectivity index is 2.21. The van der Waals surface area contributed by atoms with Gasteiger partial charge in [-0.25, -0.2) is 9.69 Å². The van der Waals surface area contributed by atoms with Crippen molar-refractivity contribution in [3.8, 4) is 17.6 Å². The molecule has 2 rings (SSSR count). The topological polar surface area (TPSA) is 157 Å². The molecule has 0 saturated carbocycles. The summed E-state index contributed by atoms with van der Waals surface area (Å²) in [5.41, 5.74) is 1.05. The van der Waals surface area contributed by atoms with Crippen LogP contribution in [0, 0.1) is 11.8 Å². The zero-order valence-corrected chi connectivity index (χ0v) is 19.1. The average Bonchev–Trinajstić information content (AvgIpc) is 2.78. The summed E-state index contributed by atoms with van der Waals surface area (Å²) < 4.78 is 5.37. The third-order valence-corrected chi connectivity index (χ3v) is 4.76. The van der Waals surface area contributed by atoms with Crippen molar-refractivity contribution in [3.63, 3.8) is 0 Å². The third kappa shape index (κ3) is 6.94. The van der Waals surface area contributed by atoms with Crippen molar-refractivity contribution in [1.82, 2.24) is 20.9 Å². The molecule has 0 bridgehead atoms. The SMILES string of the molecule is CNCC#Cc1ccc(OC)c(N2CCC(=O)N(CNC(=O)[C@H](CC(=O)O)NC(C)=O)C2=O)c1. The minimum atomic E-state index is -1.35. The Morgan fingerprint density at radius 1 is 1.26 bits per heavy atom. The second-order valence-corrected chi connectivity index (χ2v) is 7.27. The fourth-order valence-corrected chi connectivity index (χ4v) is 3.19. The van der Waals surface area contributed by atoms with Crippen molar-refractivity contribution < 1.29 is 33.8 Å². The Kier molecular flexibility index (Phi) is 9.39. The molecule has 1 fully saturated rings. The molecule has 1 aliphatic rings. The molecule has 0 unspecified atom stereocenters. The molecule has 1 aromatic carbocycles. The van der Waals surface area contributed by atoms with Gasteiger partial charge in [0.1, 0.15) is 18.5 Å². The van der Waals surface area contributed by atoms with Gasteiger partial charge in [0.25, 0.3) is 0 Å².